The maximum absolute atomic E-state index is 14.4. The second-order valence-corrected chi connectivity index (χ2v) is 7.97. The minimum absolute atomic E-state index is 0.164. The summed E-state index contributed by atoms with van der Waals surface area (Å²) in [5, 5.41) is 15.4. The van der Waals surface area contributed by atoms with E-state index in [2.05, 4.69) is 10.6 Å². The third-order valence-electron chi connectivity index (χ3n) is 5.49. The molecule has 0 spiro atoms. The number of hydrogen-bond acceptors (Lipinski definition) is 4. The Labute approximate surface area is 200 Å². The lowest BCUT2D eigenvalue weighted by atomic mass is 9.82. The third-order valence-corrected chi connectivity index (χ3v) is 5.49. The van der Waals surface area contributed by atoms with Gasteiger partial charge in [0, 0.05) is 36.8 Å². The first-order valence-corrected chi connectivity index (χ1v) is 10.2. The zero-order valence-electron chi connectivity index (χ0n) is 19.1. The van der Waals surface area contributed by atoms with Crippen LogP contribution in [0.15, 0.2) is 41.6 Å². The summed E-state index contributed by atoms with van der Waals surface area (Å²) in [6.45, 7) is 2.38. The number of benzene rings is 1. The zero-order chi connectivity index (χ0) is 27.6. The molecule has 0 heterocycles. The number of alkyl halides is 7. The van der Waals surface area contributed by atoms with E-state index < -0.39 is 52.9 Å². The molecule has 4 amide bonds. The number of nitrogens with one attached hydrogen (secondary N) is 2. The standard InChI is InChI=1S/C21H21F7N4O4/c1-11-8-13(4-6-16(11)32(35)36)10-30-18(34)31(17(33)29-3)15-7-5-14(9-12(15)2)19(22,20(23,24)25)21(26,27)28/h4-8,12H,9-10H2,1-3H3,(H,29,33)(H,30,34)/t12-/m1/s1. The second-order valence-electron chi connectivity index (χ2n) is 7.97. The van der Waals surface area contributed by atoms with E-state index in [0.29, 0.717) is 22.1 Å². The van der Waals surface area contributed by atoms with Crippen LogP contribution >= 0.6 is 0 Å². The number of carbonyl (C=O) groups excluding carboxylic acids is 2. The quantitative estimate of drug-likeness (QED) is 0.303. The van der Waals surface area contributed by atoms with Gasteiger partial charge in [-0.05, 0) is 36.6 Å². The Hall–Kier alpha value is -3.65. The zero-order valence-corrected chi connectivity index (χ0v) is 19.1. The number of imide groups is 1. The molecule has 0 unspecified atom stereocenters. The minimum atomic E-state index is -6.29. The van der Waals surface area contributed by atoms with Crippen LogP contribution in [-0.4, -0.2) is 47.0 Å². The summed E-state index contributed by atoms with van der Waals surface area (Å²) >= 11 is 0. The van der Waals surface area contributed by atoms with Crippen LogP contribution in [0.5, 0.6) is 0 Å². The molecule has 15 heteroatoms. The van der Waals surface area contributed by atoms with Crippen LogP contribution in [-0.2, 0) is 6.54 Å². The van der Waals surface area contributed by atoms with E-state index >= 15 is 0 Å². The van der Waals surface area contributed by atoms with Gasteiger partial charge in [0.05, 0.1) is 4.92 Å². The van der Waals surface area contributed by atoms with Crippen molar-refractivity contribution >= 4 is 17.7 Å². The van der Waals surface area contributed by atoms with Gasteiger partial charge in [0.2, 0.25) is 0 Å². The molecule has 0 radical (unpaired) electrons. The molecular formula is C21H21F7N4O4. The molecule has 2 rings (SSSR count). The number of rotatable bonds is 5. The molecule has 0 aromatic heterocycles. The Balaban J connectivity index is 2.37. The maximum Gasteiger partial charge on any atom is 0.435 e. The molecule has 0 saturated heterocycles. The predicted octanol–water partition coefficient (Wildman–Crippen LogP) is 5.44. The van der Waals surface area contributed by atoms with Crippen LogP contribution in [0, 0.1) is 23.0 Å². The van der Waals surface area contributed by atoms with Gasteiger partial charge in [-0.25, -0.2) is 18.9 Å². The average molecular weight is 526 g/mol. The van der Waals surface area contributed by atoms with E-state index in [0.717, 1.165) is 14.0 Å². The van der Waals surface area contributed by atoms with E-state index in [1.165, 1.54) is 25.1 Å². The molecule has 0 fully saturated rings. The monoisotopic (exact) mass is 526 g/mol. The first-order valence-electron chi connectivity index (χ1n) is 10.2. The number of nitro benzene ring substituents is 1. The van der Waals surface area contributed by atoms with Crippen LogP contribution in [0.1, 0.15) is 24.5 Å². The number of urea groups is 2. The van der Waals surface area contributed by atoms with Crippen molar-refractivity contribution in [3.8, 4) is 0 Å². The molecule has 198 valence electrons. The highest BCUT2D eigenvalue weighted by Gasteiger charge is 2.74. The Kier molecular flexibility index (Phi) is 8.06. The van der Waals surface area contributed by atoms with Gasteiger partial charge >= 0.3 is 30.1 Å². The molecule has 1 aliphatic carbocycles. The number of nitrogens with zero attached hydrogens (tertiary/aromatic N) is 2. The Morgan fingerprint density at radius 3 is 2.11 bits per heavy atom. The molecule has 1 atom stereocenters. The average Bonchev–Trinajstić information content (AvgIpc) is 2.76. The van der Waals surface area contributed by atoms with Crippen LogP contribution < -0.4 is 10.6 Å². The summed E-state index contributed by atoms with van der Waals surface area (Å²) < 4.78 is 93.1. The van der Waals surface area contributed by atoms with Crippen LogP contribution in [0.2, 0.25) is 0 Å². The smallest absolute Gasteiger partial charge is 0.340 e. The van der Waals surface area contributed by atoms with Crippen molar-refractivity contribution in [1.29, 1.82) is 0 Å². The van der Waals surface area contributed by atoms with Crippen molar-refractivity contribution in [3.63, 3.8) is 0 Å². The van der Waals surface area contributed by atoms with Gasteiger partial charge in [0.1, 0.15) is 0 Å². The molecule has 0 saturated carbocycles. The van der Waals surface area contributed by atoms with E-state index in [9.17, 15) is 50.4 Å². The molecule has 36 heavy (non-hydrogen) atoms. The Morgan fingerprint density at radius 1 is 1.08 bits per heavy atom. The molecule has 0 aliphatic heterocycles. The highest BCUT2D eigenvalue weighted by Crippen LogP contribution is 2.53. The fourth-order valence-corrected chi connectivity index (χ4v) is 3.66. The van der Waals surface area contributed by atoms with Crippen LogP contribution in [0.25, 0.3) is 0 Å². The SMILES string of the molecule is CNC(=O)N(C(=O)NCc1ccc([N+](=O)[O-])c(C)c1)C1=CC=C(C(F)(C(F)(F)F)C(F)(F)F)C[C@H]1C. The summed E-state index contributed by atoms with van der Waals surface area (Å²) in [5.41, 5.74) is -6.96. The number of nitro groups is 1. The van der Waals surface area contributed by atoms with E-state index in [1.54, 1.807) is 0 Å². The summed E-state index contributed by atoms with van der Waals surface area (Å²) in [5.74, 6) is -1.30. The number of carbonyl (C=O) groups is 2. The number of amides is 4. The molecule has 8 nitrogen and oxygen atoms in total. The van der Waals surface area contributed by atoms with Crippen molar-refractivity contribution in [2.24, 2.45) is 5.92 Å². The highest BCUT2D eigenvalue weighted by molar-refractivity contribution is 5.95. The fraction of sp³-hybridized carbons (Fsp3) is 0.429. The molecule has 2 N–H and O–H groups in total. The Morgan fingerprint density at radius 2 is 1.67 bits per heavy atom. The molecule has 1 aromatic rings. The lowest BCUT2D eigenvalue weighted by molar-refractivity contribution is -0.385. The Bertz CT molecular complexity index is 1100. The normalized spacial score (nSPS) is 16.6. The van der Waals surface area contributed by atoms with Gasteiger partial charge in [0.15, 0.2) is 0 Å². The number of allylic oxidation sites excluding steroid dienone is 4. The number of halogens is 7. The summed E-state index contributed by atoms with van der Waals surface area (Å²) in [7, 11) is 1.14. The minimum Gasteiger partial charge on any atom is -0.340 e. The first-order chi connectivity index (χ1) is 16.5. The maximum atomic E-state index is 14.4. The molecule has 1 aliphatic rings. The van der Waals surface area contributed by atoms with E-state index in [4.69, 9.17) is 0 Å². The summed E-state index contributed by atoms with van der Waals surface area (Å²) in [4.78, 5) is 35.9. The summed E-state index contributed by atoms with van der Waals surface area (Å²) in [6, 6.07) is 1.83. The fourth-order valence-electron chi connectivity index (χ4n) is 3.66. The molecular weight excluding hydrogens is 505 g/mol. The van der Waals surface area contributed by atoms with Crippen LogP contribution in [0.4, 0.5) is 46.0 Å². The topological polar surface area (TPSA) is 105 Å². The van der Waals surface area contributed by atoms with Crippen molar-refractivity contribution in [2.45, 2.75) is 44.8 Å². The van der Waals surface area contributed by atoms with Crippen molar-refractivity contribution in [2.75, 3.05) is 7.05 Å². The van der Waals surface area contributed by atoms with Crippen LogP contribution in [0.3, 0.4) is 0 Å². The van der Waals surface area contributed by atoms with Gasteiger partial charge in [-0.15, -0.1) is 0 Å². The number of hydrogen-bond donors (Lipinski definition) is 2. The largest absolute Gasteiger partial charge is 0.435 e. The van der Waals surface area contributed by atoms with Gasteiger partial charge in [-0.2, -0.15) is 26.3 Å². The van der Waals surface area contributed by atoms with Crippen molar-refractivity contribution in [3.05, 3.63) is 62.9 Å². The number of aryl methyl sites for hydroxylation is 1. The first kappa shape index (κ1) is 28.6. The van der Waals surface area contributed by atoms with Gasteiger partial charge in [-0.1, -0.05) is 19.1 Å². The van der Waals surface area contributed by atoms with E-state index in [-0.39, 0.29) is 24.0 Å². The van der Waals surface area contributed by atoms with Gasteiger partial charge in [0.25, 0.3) is 5.69 Å². The summed E-state index contributed by atoms with van der Waals surface area (Å²) in [6.07, 6.45) is -12.7. The van der Waals surface area contributed by atoms with Crippen molar-refractivity contribution < 1.29 is 45.2 Å². The van der Waals surface area contributed by atoms with Crippen molar-refractivity contribution in [1.82, 2.24) is 15.5 Å². The second kappa shape index (κ2) is 10.1. The third kappa shape index (κ3) is 5.44. The highest BCUT2D eigenvalue weighted by atomic mass is 19.4. The lowest BCUT2D eigenvalue weighted by Crippen LogP contribution is -2.55. The molecule has 0 bridgehead atoms. The van der Waals surface area contributed by atoms with E-state index in [1.807, 2.05) is 0 Å². The predicted molar refractivity (Wildman–Crippen MR) is 112 cm³/mol. The lowest BCUT2D eigenvalue weighted by Gasteiger charge is -2.36. The van der Waals surface area contributed by atoms with Gasteiger partial charge < -0.3 is 10.6 Å². The molecule has 1 aromatic carbocycles. The van der Waals surface area contributed by atoms with Gasteiger partial charge in [-0.3, -0.25) is 10.1 Å².